The number of methoxy groups -OCH3 is 1. The minimum atomic E-state index is -0.226. The molecule has 1 aromatic carbocycles. The van der Waals surface area contributed by atoms with Gasteiger partial charge in [-0.25, -0.2) is 0 Å². The van der Waals surface area contributed by atoms with Gasteiger partial charge in [0.2, 0.25) is 11.8 Å². The third-order valence-electron chi connectivity index (χ3n) is 6.09. The molecule has 2 aliphatic rings. The zero-order valence-corrected chi connectivity index (χ0v) is 16.4. The largest absolute Gasteiger partial charge is 0.384 e. The number of hydrogen-bond acceptors (Lipinski definition) is 4. The lowest BCUT2D eigenvalue weighted by Gasteiger charge is -2.40. The summed E-state index contributed by atoms with van der Waals surface area (Å²) in [7, 11) is 3.53. The van der Waals surface area contributed by atoms with E-state index in [4.69, 9.17) is 4.74 Å². The first-order valence-electron chi connectivity index (χ1n) is 9.84. The Morgan fingerprint density at radius 3 is 2.67 bits per heavy atom. The number of nitrogens with one attached hydrogen (secondary N) is 2. The van der Waals surface area contributed by atoms with Gasteiger partial charge in [0, 0.05) is 32.5 Å². The van der Waals surface area contributed by atoms with Gasteiger partial charge in [-0.05, 0) is 37.9 Å². The Bertz CT molecular complexity index is 638. The van der Waals surface area contributed by atoms with E-state index in [1.165, 1.54) is 0 Å². The van der Waals surface area contributed by atoms with Crippen molar-refractivity contribution in [3.8, 4) is 0 Å². The summed E-state index contributed by atoms with van der Waals surface area (Å²) in [4.78, 5) is 27.1. The van der Waals surface area contributed by atoms with Gasteiger partial charge in [-0.1, -0.05) is 30.3 Å². The Balaban J connectivity index is 1.72. The molecule has 2 amide bonds. The Morgan fingerprint density at radius 2 is 2.00 bits per heavy atom. The lowest BCUT2D eigenvalue weighted by atomic mass is 9.79. The Kier molecular flexibility index (Phi) is 6.50. The van der Waals surface area contributed by atoms with Gasteiger partial charge in [0.1, 0.15) is 0 Å². The van der Waals surface area contributed by atoms with Crippen LogP contribution in [-0.2, 0) is 14.3 Å². The van der Waals surface area contributed by atoms with Crippen LogP contribution in [0.25, 0.3) is 0 Å². The molecular weight excluding hydrogens is 342 g/mol. The van der Waals surface area contributed by atoms with E-state index in [0.29, 0.717) is 26.0 Å². The van der Waals surface area contributed by atoms with E-state index in [0.717, 1.165) is 31.5 Å². The van der Waals surface area contributed by atoms with E-state index in [9.17, 15) is 9.59 Å². The number of hydrogen-bond donors (Lipinski definition) is 2. The summed E-state index contributed by atoms with van der Waals surface area (Å²) in [5, 5.41) is 6.57. The lowest BCUT2D eigenvalue weighted by molar-refractivity contribution is -0.142. The van der Waals surface area contributed by atoms with E-state index in [1.807, 2.05) is 30.3 Å². The molecule has 2 aliphatic heterocycles. The Hall–Kier alpha value is -1.92. The molecule has 6 heteroatoms. The number of rotatable bonds is 6. The van der Waals surface area contributed by atoms with Crippen LogP contribution in [0.5, 0.6) is 0 Å². The van der Waals surface area contributed by atoms with Crippen LogP contribution in [-0.4, -0.2) is 57.1 Å². The molecule has 2 heterocycles. The summed E-state index contributed by atoms with van der Waals surface area (Å²) in [5.74, 6) is -0.0873. The van der Waals surface area contributed by atoms with Crippen molar-refractivity contribution in [2.24, 2.45) is 11.3 Å². The minimum absolute atomic E-state index is 0.00566. The lowest BCUT2D eigenvalue weighted by Crippen LogP contribution is -2.51. The van der Waals surface area contributed by atoms with Gasteiger partial charge in [0.25, 0.3) is 0 Å². The first-order chi connectivity index (χ1) is 13.1. The number of carbonyl (C=O) groups is 2. The van der Waals surface area contributed by atoms with Gasteiger partial charge in [0.15, 0.2) is 0 Å². The summed E-state index contributed by atoms with van der Waals surface area (Å²) in [6, 6.07) is 9.66. The average molecular weight is 373 g/mol. The molecule has 2 unspecified atom stereocenters. The number of likely N-dealkylation sites (tertiary alicyclic amines) is 1. The summed E-state index contributed by atoms with van der Waals surface area (Å²) in [5.41, 5.74) is 1.01. The van der Waals surface area contributed by atoms with E-state index < -0.39 is 0 Å². The summed E-state index contributed by atoms with van der Waals surface area (Å²) in [6.45, 7) is 3.18. The molecule has 0 aromatic heterocycles. The fourth-order valence-corrected chi connectivity index (χ4v) is 4.46. The number of benzene rings is 1. The van der Waals surface area contributed by atoms with Crippen molar-refractivity contribution in [3.63, 3.8) is 0 Å². The molecule has 2 atom stereocenters. The van der Waals surface area contributed by atoms with Crippen LogP contribution < -0.4 is 10.6 Å². The highest BCUT2D eigenvalue weighted by Gasteiger charge is 2.40. The van der Waals surface area contributed by atoms with Crippen LogP contribution in [0, 0.1) is 11.3 Å². The van der Waals surface area contributed by atoms with E-state index >= 15 is 0 Å². The number of carbonyl (C=O) groups excluding carboxylic acids is 2. The molecule has 2 N–H and O–H groups in total. The van der Waals surface area contributed by atoms with Gasteiger partial charge >= 0.3 is 0 Å². The van der Waals surface area contributed by atoms with Gasteiger partial charge in [-0.3, -0.25) is 9.59 Å². The van der Waals surface area contributed by atoms with Crippen LogP contribution in [0.1, 0.15) is 37.3 Å². The highest BCUT2D eigenvalue weighted by atomic mass is 16.5. The van der Waals surface area contributed by atoms with Crippen LogP contribution in [0.4, 0.5) is 0 Å². The molecule has 27 heavy (non-hydrogen) atoms. The van der Waals surface area contributed by atoms with Gasteiger partial charge in [0.05, 0.1) is 18.6 Å². The topological polar surface area (TPSA) is 70.7 Å². The van der Waals surface area contributed by atoms with Crippen LogP contribution in [0.2, 0.25) is 0 Å². The molecular formula is C21H31N3O3. The van der Waals surface area contributed by atoms with Crippen molar-refractivity contribution in [2.45, 2.75) is 31.7 Å². The van der Waals surface area contributed by atoms with Gasteiger partial charge in [-0.15, -0.1) is 0 Å². The molecule has 2 fully saturated rings. The van der Waals surface area contributed by atoms with Crippen LogP contribution >= 0.6 is 0 Å². The second-order valence-corrected chi connectivity index (χ2v) is 7.91. The summed E-state index contributed by atoms with van der Waals surface area (Å²) in [6.07, 6.45) is 3.00. The standard InChI is InChI=1S/C21H31N3O3/c1-24-18(25)9-8-17(19(24)16-6-4-3-5-7-16)20(26)23-14-21(15-27-2)10-12-22-13-11-21/h3-7,17,19,22H,8-15H2,1-2H3,(H,23,26). The first kappa shape index (κ1) is 19.8. The molecule has 6 nitrogen and oxygen atoms in total. The maximum absolute atomic E-state index is 13.1. The van der Waals surface area contributed by atoms with E-state index in [2.05, 4.69) is 10.6 Å². The first-order valence-corrected chi connectivity index (χ1v) is 9.84. The fraction of sp³-hybridized carbons (Fsp3) is 0.619. The number of amides is 2. The quantitative estimate of drug-likeness (QED) is 0.797. The molecule has 2 saturated heterocycles. The summed E-state index contributed by atoms with van der Waals surface area (Å²) < 4.78 is 5.45. The van der Waals surface area contributed by atoms with E-state index in [-0.39, 0.29) is 29.2 Å². The van der Waals surface area contributed by atoms with Crippen molar-refractivity contribution in [1.82, 2.24) is 15.5 Å². The SMILES string of the molecule is COCC1(CNC(=O)C2CCC(=O)N(C)C2c2ccccc2)CCNCC1. The monoisotopic (exact) mass is 373 g/mol. The highest BCUT2D eigenvalue weighted by Crippen LogP contribution is 2.36. The molecule has 0 aliphatic carbocycles. The Labute approximate surface area is 161 Å². The fourth-order valence-electron chi connectivity index (χ4n) is 4.46. The van der Waals surface area contributed by atoms with Crippen molar-refractivity contribution < 1.29 is 14.3 Å². The van der Waals surface area contributed by atoms with Gasteiger partial charge in [-0.2, -0.15) is 0 Å². The number of nitrogens with zero attached hydrogens (tertiary/aromatic N) is 1. The zero-order valence-electron chi connectivity index (χ0n) is 16.4. The maximum Gasteiger partial charge on any atom is 0.225 e. The molecule has 0 radical (unpaired) electrons. The molecule has 148 valence electrons. The van der Waals surface area contributed by atoms with Crippen molar-refractivity contribution in [2.75, 3.05) is 40.4 Å². The average Bonchev–Trinajstić information content (AvgIpc) is 2.70. The van der Waals surface area contributed by atoms with Gasteiger partial charge < -0.3 is 20.3 Å². The second kappa shape index (κ2) is 8.85. The van der Waals surface area contributed by atoms with Crippen LogP contribution in [0.15, 0.2) is 30.3 Å². The zero-order chi connectivity index (χ0) is 19.3. The molecule has 0 bridgehead atoms. The van der Waals surface area contributed by atoms with Crippen molar-refractivity contribution in [3.05, 3.63) is 35.9 Å². The number of ether oxygens (including phenoxy) is 1. The highest BCUT2D eigenvalue weighted by molar-refractivity contribution is 5.84. The third kappa shape index (κ3) is 4.50. The van der Waals surface area contributed by atoms with Crippen molar-refractivity contribution >= 4 is 11.8 Å². The van der Waals surface area contributed by atoms with E-state index in [1.54, 1.807) is 19.1 Å². The molecule has 0 spiro atoms. The van der Waals surface area contributed by atoms with Crippen LogP contribution in [0.3, 0.4) is 0 Å². The Morgan fingerprint density at radius 1 is 1.30 bits per heavy atom. The number of piperidine rings is 2. The minimum Gasteiger partial charge on any atom is -0.384 e. The smallest absolute Gasteiger partial charge is 0.225 e. The molecule has 1 aromatic rings. The molecule has 3 rings (SSSR count). The maximum atomic E-state index is 13.1. The summed E-state index contributed by atoms with van der Waals surface area (Å²) >= 11 is 0. The predicted octanol–water partition coefficient (Wildman–Crippen LogP) is 1.73. The molecule has 0 saturated carbocycles. The van der Waals surface area contributed by atoms with Crippen molar-refractivity contribution in [1.29, 1.82) is 0 Å². The normalized spacial score (nSPS) is 25.3. The second-order valence-electron chi connectivity index (χ2n) is 7.91. The third-order valence-corrected chi connectivity index (χ3v) is 6.09. The predicted molar refractivity (Wildman–Crippen MR) is 104 cm³/mol.